The number of benzene rings is 1. The summed E-state index contributed by atoms with van der Waals surface area (Å²) < 4.78 is 36.7. The molecule has 2 aliphatic rings. The molecule has 1 aromatic rings. The number of rotatable bonds is 6. The van der Waals surface area contributed by atoms with Crippen LogP contribution in [0.2, 0.25) is 0 Å². The average molecular weight is 432 g/mol. The molecule has 30 heavy (non-hydrogen) atoms. The summed E-state index contributed by atoms with van der Waals surface area (Å²) in [6.45, 7) is 2.78. The van der Waals surface area contributed by atoms with Gasteiger partial charge in [-0.2, -0.15) is 0 Å². The summed E-state index contributed by atoms with van der Waals surface area (Å²) in [5.41, 5.74) is -0.292. The van der Waals surface area contributed by atoms with Crippen LogP contribution in [-0.2, 0) is 44.9 Å². The molecular weight excluding hydrogens is 412 g/mol. The molecule has 0 saturated heterocycles. The first kappa shape index (κ1) is 21.6. The maximum atomic E-state index is 13.5. The van der Waals surface area contributed by atoms with Crippen LogP contribution in [0.3, 0.4) is 0 Å². The summed E-state index contributed by atoms with van der Waals surface area (Å²) in [5, 5.41) is -1.12. The van der Waals surface area contributed by atoms with E-state index in [1.807, 2.05) is 0 Å². The van der Waals surface area contributed by atoms with E-state index in [9.17, 15) is 27.6 Å². The minimum Gasteiger partial charge on any atom is -0.462 e. The molecule has 0 aromatic heterocycles. The molecule has 3 rings (SSSR count). The highest BCUT2D eigenvalue weighted by Gasteiger charge is 2.47. The van der Waals surface area contributed by atoms with Crippen molar-refractivity contribution in [3.05, 3.63) is 57.5 Å². The predicted molar refractivity (Wildman–Crippen MR) is 105 cm³/mol. The van der Waals surface area contributed by atoms with Crippen LogP contribution in [0.1, 0.15) is 36.6 Å². The average Bonchev–Trinajstić information content (AvgIpc) is 3.14. The maximum Gasteiger partial charge on any atom is 0.343 e. The van der Waals surface area contributed by atoms with Gasteiger partial charge in [0.25, 0.3) is 0 Å². The Hall–Kier alpha value is -3.07. The molecular formula is C21H20O8S. The number of aryl methyl sites for hydroxylation is 1. The summed E-state index contributed by atoms with van der Waals surface area (Å²) in [6, 6.07) is 6.86. The van der Waals surface area contributed by atoms with E-state index in [2.05, 4.69) is 0 Å². The lowest BCUT2D eigenvalue weighted by Crippen LogP contribution is -2.33. The number of carbonyl (C=O) groups is 4. The van der Waals surface area contributed by atoms with Crippen LogP contribution >= 0.6 is 0 Å². The standard InChI is InChI=1S/C21H20O8S/c1-3-28-20(24)14-11-15(22)17(21(25)29-4-2)19(18(14)23)30(26,27)16-10-9-12-7-5-6-8-13(12)16/h5-8,11,16H,3-4,9-10H2,1-2H3. The Bertz CT molecular complexity index is 1110. The fraction of sp³-hybridized carbons (Fsp3) is 0.333. The Balaban J connectivity index is 2.18. The molecule has 1 unspecified atom stereocenters. The van der Waals surface area contributed by atoms with Crippen molar-refractivity contribution in [3.8, 4) is 0 Å². The first-order valence-electron chi connectivity index (χ1n) is 9.44. The topological polar surface area (TPSA) is 121 Å². The van der Waals surface area contributed by atoms with Gasteiger partial charge >= 0.3 is 11.9 Å². The number of hydrogen-bond donors (Lipinski definition) is 0. The number of hydrogen-bond acceptors (Lipinski definition) is 8. The van der Waals surface area contributed by atoms with Crippen molar-refractivity contribution in [2.24, 2.45) is 0 Å². The largest absolute Gasteiger partial charge is 0.462 e. The first-order chi connectivity index (χ1) is 14.2. The van der Waals surface area contributed by atoms with E-state index < -0.39 is 54.6 Å². The number of allylic oxidation sites excluding steroid dienone is 2. The molecule has 0 amide bonds. The van der Waals surface area contributed by atoms with Crippen LogP contribution in [0, 0.1) is 0 Å². The smallest absolute Gasteiger partial charge is 0.343 e. The van der Waals surface area contributed by atoms with Crippen LogP contribution in [-0.4, -0.2) is 45.1 Å². The van der Waals surface area contributed by atoms with Gasteiger partial charge in [-0.05, 0) is 37.8 Å². The van der Waals surface area contributed by atoms with Crippen LogP contribution in [0.15, 0.2) is 46.4 Å². The monoisotopic (exact) mass is 432 g/mol. The molecule has 0 bridgehead atoms. The molecule has 1 atom stereocenters. The highest BCUT2D eigenvalue weighted by Crippen LogP contribution is 2.42. The molecule has 1 aromatic carbocycles. The Morgan fingerprint density at radius 2 is 1.67 bits per heavy atom. The lowest BCUT2D eigenvalue weighted by molar-refractivity contribution is -0.142. The molecule has 8 nitrogen and oxygen atoms in total. The van der Waals surface area contributed by atoms with E-state index in [4.69, 9.17) is 9.47 Å². The Morgan fingerprint density at radius 3 is 2.33 bits per heavy atom. The fourth-order valence-electron chi connectivity index (χ4n) is 3.63. The Labute approximate surface area is 173 Å². The van der Waals surface area contributed by atoms with E-state index in [-0.39, 0.29) is 19.6 Å². The predicted octanol–water partition coefficient (Wildman–Crippen LogP) is 1.55. The van der Waals surface area contributed by atoms with Gasteiger partial charge in [-0.15, -0.1) is 0 Å². The zero-order valence-corrected chi connectivity index (χ0v) is 17.3. The van der Waals surface area contributed by atoms with Crippen molar-refractivity contribution in [1.82, 2.24) is 0 Å². The van der Waals surface area contributed by atoms with Crippen LogP contribution in [0.4, 0.5) is 0 Å². The summed E-state index contributed by atoms with van der Waals surface area (Å²) >= 11 is 0. The van der Waals surface area contributed by atoms with Gasteiger partial charge in [-0.1, -0.05) is 24.3 Å². The molecule has 0 radical (unpaired) electrons. The lowest BCUT2D eigenvalue weighted by atomic mass is 9.96. The third-order valence-electron chi connectivity index (χ3n) is 4.91. The van der Waals surface area contributed by atoms with Gasteiger partial charge < -0.3 is 9.47 Å². The number of esters is 2. The van der Waals surface area contributed by atoms with Crippen LogP contribution < -0.4 is 0 Å². The van der Waals surface area contributed by atoms with Crippen LogP contribution in [0.25, 0.3) is 0 Å². The second kappa shape index (κ2) is 8.35. The van der Waals surface area contributed by atoms with Crippen LogP contribution in [0.5, 0.6) is 0 Å². The highest BCUT2D eigenvalue weighted by molar-refractivity contribution is 7.96. The van der Waals surface area contributed by atoms with Crippen molar-refractivity contribution in [1.29, 1.82) is 0 Å². The number of fused-ring (bicyclic) bond motifs is 1. The highest BCUT2D eigenvalue weighted by atomic mass is 32.2. The fourth-order valence-corrected chi connectivity index (χ4v) is 5.74. The minimum atomic E-state index is -4.49. The quantitative estimate of drug-likeness (QED) is 0.377. The van der Waals surface area contributed by atoms with E-state index in [1.54, 1.807) is 24.3 Å². The number of Topliss-reactive ketones (excluding diaryl/α,β-unsaturated/α-hetero) is 1. The lowest BCUT2D eigenvalue weighted by Gasteiger charge is -2.21. The third-order valence-corrected chi connectivity index (χ3v) is 7.11. The molecule has 0 heterocycles. The first-order valence-corrected chi connectivity index (χ1v) is 11.0. The van der Waals surface area contributed by atoms with Gasteiger partial charge in [-0.3, -0.25) is 9.59 Å². The van der Waals surface area contributed by atoms with E-state index in [0.717, 1.165) is 5.56 Å². The summed E-state index contributed by atoms with van der Waals surface area (Å²) in [5.74, 6) is -4.67. The van der Waals surface area contributed by atoms with Crippen molar-refractivity contribution in [3.63, 3.8) is 0 Å². The molecule has 0 N–H and O–H groups in total. The van der Waals surface area contributed by atoms with Crippen molar-refractivity contribution in [2.75, 3.05) is 13.2 Å². The third kappa shape index (κ3) is 3.60. The zero-order valence-electron chi connectivity index (χ0n) is 16.5. The zero-order chi connectivity index (χ0) is 22.1. The van der Waals surface area contributed by atoms with Gasteiger partial charge in [0.2, 0.25) is 5.78 Å². The van der Waals surface area contributed by atoms with Gasteiger partial charge in [-0.25, -0.2) is 18.0 Å². The molecule has 2 aliphatic carbocycles. The second-order valence-electron chi connectivity index (χ2n) is 6.67. The summed E-state index contributed by atoms with van der Waals surface area (Å²) in [6.07, 6.45) is 1.28. The minimum absolute atomic E-state index is 0.0792. The maximum absolute atomic E-state index is 13.5. The SMILES string of the molecule is CCOC(=O)C1=CC(=O)C(C(=O)OCC)=C(S(=O)(=O)C2CCc3ccccc32)C1=O. The van der Waals surface area contributed by atoms with Gasteiger partial charge in [0.1, 0.15) is 16.1 Å². The van der Waals surface area contributed by atoms with E-state index >= 15 is 0 Å². The molecule has 0 aliphatic heterocycles. The summed E-state index contributed by atoms with van der Waals surface area (Å²) in [4.78, 5) is 49.2. The van der Waals surface area contributed by atoms with E-state index in [1.165, 1.54) is 13.8 Å². The Kier molecular flexibility index (Phi) is 6.02. The van der Waals surface area contributed by atoms with E-state index in [0.29, 0.717) is 18.1 Å². The second-order valence-corrected chi connectivity index (χ2v) is 8.73. The molecule has 9 heteroatoms. The summed E-state index contributed by atoms with van der Waals surface area (Å²) in [7, 11) is -4.49. The van der Waals surface area contributed by atoms with Gasteiger partial charge in [0, 0.05) is 6.08 Å². The number of sulfone groups is 1. The Morgan fingerprint density at radius 1 is 1.03 bits per heavy atom. The molecule has 0 fully saturated rings. The van der Waals surface area contributed by atoms with Crippen molar-refractivity contribution < 1.29 is 37.1 Å². The van der Waals surface area contributed by atoms with Crippen molar-refractivity contribution in [2.45, 2.75) is 31.9 Å². The molecule has 0 saturated carbocycles. The molecule has 158 valence electrons. The normalized spacial score (nSPS) is 18.7. The van der Waals surface area contributed by atoms with Gasteiger partial charge in [0.15, 0.2) is 15.6 Å². The number of carbonyl (C=O) groups excluding carboxylic acids is 4. The van der Waals surface area contributed by atoms with Gasteiger partial charge in [0.05, 0.1) is 18.5 Å². The number of ether oxygens (including phenoxy) is 2. The molecule has 0 spiro atoms. The number of ketones is 2. The van der Waals surface area contributed by atoms with Crippen molar-refractivity contribution >= 4 is 33.3 Å².